The molecule has 0 heterocycles. The van der Waals surface area contributed by atoms with Gasteiger partial charge in [-0.1, -0.05) is 29.8 Å². The second-order valence-corrected chi connectivity index (χ2v) is 5.01. The van der Waals surface area contributed by atoms with Gasteiger partial charge in [0.05, 0.1) is 7.11 Å². The number of hydrogen-bond donors (Lipinski definition) is 1. The SMILES string of the molecule is COc1ccc(C)cc1CC=CCCNC1CC1. The van der Waals surface area contributed by atoms with Crippen LogP contribution < -0.4 is 10.1 Å². The first kappa shape index (κ1) is 13.2. The summed E-state index contributed by atoms with van der Waals surface area (Å²) in [6.07, 6.45) is 9.30. The van der Waals surface area contributed by atoms with Gasteiger partial charge in [0, 0.05) is 6.04 Å². The maximum atomic E-state index is 5.37. The van der Waals surface area contributed by atoms with Crippen LogP contribution in [-0.2, 0) is 6.42 Å². The number of allylic oxidation sites excluding steroid dienone is 1. The van der Waals surface area contributed by atoms with E-state index in [0.717, 1.165) is 31.2 Å². The van der Waals surface area contributed by atoms with Gasteiger partial charge in [-0.15, -0.1) is 0 Å². The van der Waals surface area contributed by atoms with Crippen molar-refractivity contribution in [3.05, 3.63) is 41.5 Å². The molecule has 2 heteroatoms. The predicted octanol–water partition coefficient (Wildman–Crippen LogP) is 3.24. The van der Waals surface area contributed by atoms with Crippen LogP contribution in [0.25, 0.3) is 0 Å². The van der Waals surface area contributed by atoms with E-state index in [0.29, 0.717) is 0 Å². The van der Waals surface area contributed by atoms with Crippen molar-refractivity contribution in [1.29, 1.82) is 0 Å². The Kier molecular flexibility index (Phi) is 4.82. The van der Waals surface area contributed by atoms with E-state index in [-0.39, 0.29) is 0 Å². The fraction of sp³-hybridized carbons (Fsp3) is 0.500. The fourth-order valence-electron chi connectivity index (χ4n) is 2.05. The van der Waals surface area contributed by atoms with Crippen molar-refractivity contribution < 1.29 is 4.74 Å². The van der Waals surface area contributed by atoms with Crippen molar-refractivity contribution >= 4 is 0 Å². The number of ether oxygens (including phenoxy) is 1. The summed E-state index contributed by atoms with van der Waals surface area (Å²) in [5.74, 6) is 0.987. The minimum absolute atomic E-state index is 0.815. The normalized spacial score (nSPS) is 15.2. The molecular weight excluding hydrogens is 222 g/mol. The Balaban J connectivity index is 1.76. The number of rotatable bonds is 7. The van der Waals surface area contributed by atoms with Gasteiger partial charge in [-0.25, -0.2) is 0 Å². The monoisotopic (exact) mass is 245 g/mol. The van der Waals surface area contributed by atoms with Gasteiger partial charge in [0.25, 0.3) is 0 Å². The lowest BCUT2D eigenvalue weighted by Crippen LogP contribution is -2.16. The fourth-order valence-corrected chi connectivity index (χ4v) is 2.05. The molecule has 0 atom stereocenters. The molecule has 0 aromatic heterocycles. The lowest BCUT2D eigenvalue weighted by atomic mass is 10.1. The molecule has 1 aliphatic carbocycles. The third kappa shape index (κ3) is 4.19. The number of methoxy groups -OCH3 is 1. The molecule has 1 aromatic carbocycles. The number of benzene rings is 1. The molecular formula is C16H23NO. The van der Waals surface area contributed by atoms with Crippen molar-refractivity contribution in [3.8, 4) is 5.75 Å². The molecule has 98 valence electrons. The molecule has 2 rings (SSSR count). The van der Waals surface area contributed by atoms with Crippen molar-refractivity contribution in [2.24, 2.45) is 0 Å². The Bertz CT molecular complexity index is 408. The van der Waals surface area contributed by atoms with Crippen LogP contribution in [0.1, 0.15) is 30.4 Å². The third-order valence-corrected chi connectivity index (χ3v) is 3.26. The average Bonchev–Trinajstić information content (AvgIpc) is 3.18. The molecule has 0 amide bonds. The first-order valence-electron chi connectivity index (χ1n) is 6.81. The van der Waals surface area contributed by atoms with Gasteiger partial charge in [-0.05, 0) is 50.8 Å². The molecule has 0 saturated heterocycles. The van der Waals surface area contributed by atoms with Gasteiger partial charge >= 0.3 is 0 Å². The number of nitrogens with one attached hydrogen (secondary N) is 1. The Labute approximate surface area is 110 Å². The van der Waals surface area contributed by atoms with Gasteiger partial charge in [0.15, 0.2) is 0 Å². The number of hydrogen-bond acceptors (Lipinski definition) is 2. The largest absolute Gasteiger partial charge is 0.496 e. The highest BCUT2D eigenvalue weighted by Gasteiger charge is 2.19. The van der Waals surface area contributed by atoms with Gasteiger partial charge in [-0.2, -0.15) is 0 Å². The molecule has 2 nitrogen and oxygen atoms in total. The van der Waals surface area contributed by atoms with E-state index >= 15 is 0 Å². The van der Waals surface area contributed by atoms with Gasteiger partial charge in [-0.3, -0.25) is 0 Å². The molecule has 1 saturated carbocycles. The molecule has 1 fully saturated rings. The van der Waals surface area contributed by atoms with Crippen molar-refractivity contribution in [2.45, 2.75) is 38.6 Å². The summed E-state index contributed by atoms with van der Waals surface area (Å²) in [4.78, 5) is 0. The highest BCUT2D eigenvalue weighted by Crippen LogP contribution is 2.20. The first-order chi connectivity index (χ1) is 8.79. The summed E-state index contributed by atoms with van der Waals surface area (Å²) in [5.41, 5.74) is 2.55. The van der Waals surface area contributed by atoms with E-state index in [9.17, 15) is 0 Å². The summed E-state index contributed by atoms with van der Waals surface area (Å²) in [5, 5.41) is 3.51. The molecule has 0 bridgehead atoms. The molecule has 18 heavy (non-hydrogen) atoms. The molecule has 1 N–H and O–H groups in total. The smallest absolute Gasteiger partial charge is 0.122 e. The van der Waals surface area contributed by atoms with Crippen LogP contribution in [0.4, 0.5) is 0 Å². The Morgan fingerprint density at radius 1 is 1.33 bits per heavy atom. The zero-order valence-electron chi connectivity index (χ0n) is 11.4. The van der Waals surface area contributed by atoms with Crippen molar-refractivity contribution in [1.82, 2.24) is 5.32 Å². The summed E-state index contributed by atoms with van der Waals surface area (Å²) in [7, 11) is 1.73. The average molecular weight is 245 g/mol. The second kappa shape index (κ2) is 6.60. The highest BCUT2D eigenvalue weighted by molar-refractivity contribution is 5.38. The van der Waals surface area contributed by atoms with Crippen molar-refractivity contribution in [3.63, 3.8) is 0 Å². The third-order valence-electron chi connectivity index (χ3n) is 3.26. The van der Waals surface area contributed by atoms with Crippen LogP contribution in [0, 0.1) is 6.92 Å². The summed E-state index contributed by atoms with van der Waals surface area (Å²) in [6, 6.07) is 7.15. The molecule has 1 aromatic rings. The Hall–Kier alpha value is -1.28. The van der Waals surface area contributed by atoms with Crippen LogP contribution in [0.15, 0.2) is 30.4 Å². The van der Waals surface area contributed by atoms with Crippen LogP contribution in [0.2, 0.25) is 0 Å². The minimum atomic E-state index is 0.815. The summed E-state index contributed by atoms with van der Waals surface area (Å²) >= 11 is 0. The van der Waals surface area contributed by atoms with Crippen LogP contribution in [0.3, 0.4) is 0 Å². The lowest BCUT2D eigenvalue weighted by molar-refractivity contribution is 0.410. The summed E-state index contributed by atoms with van der Waals surface area (Å²) < 4.78 is 5.37. The first-order valence-corrected chi connectivity index (χ1v) is 6.81. The quantitative estimate of drug-likeness (QED) is 0.588. The maximum Gasteiger partial charge on any atom is 0.122 e. The van der Waals surface area contributed by atoms with E-state index in [1.807, 2.05) is 6.07 Å². The van der Waals surface area contributed by atoms with Crippen LogP contribution >= 0.6 is 0 Å². The zero-order chi connectivity index (χ0) is 12.8. The Morgan fingerprint density at radius 3 is 2.89 bits per heavy atom. The minimum Gasteiger partial charge on any atom is -0.496 e. The van der Waals surface area contributed by atoms with Crippen LogP contribution in [-0.4, -0.2) is 19.7 Å². The molecule has 0 unspecified atom stereocenters. The van der Waals surface area contributed by atoms with Crippen molar-refractivity contribution in [2.75, 3.05) is 13.7 Å². The second-order valence-electron chi connectivity index (χ2n) is 5.01. The number of aryl methyl sites for hydroxylation is 1. The topological polar surface area (TPSA) is 21.3 Å². The molecule has 0 aliphatic heterocycles. The predicted molar refractivity (Wildman–Crippen MR) is 76.2 cm³/mol. The zero-order valence-corrected chi connectivity index (χ0v) is 11.4. The van der Waals surface area contributed by atoms with E-state index in [1.165, 1.54) is 24.0 Å². The van der Waals surface area contributed by atoms with Gasteiger partial charge < -0.3 is 10.1 Å². The maximum absolute atomic E-state index is 5.37. The van der Waals surface area contributed by atoms with Gasteiger partial charge in [0.2, 0.25) is 0 Å². The van der Waals surface area contributed by atoms with E-state index in [2.05, 4.69) is 36.5 Å². The van der Waals surface area contributed by atoms with Gasteiger partial charge in [0.1, 0.15) is 5.75 Å². The molecule has 1 aliphatic rings. The lowest BCUT2D eigenvalue weighted by Gasteiger charge is -2.07. The van der Waals surface area contributed by atoms with Crippen LogP contribution in [0.5, 0.6) is 5.75 Å². The van der Waals surface area contributed by atoms with E-state index in [1.54, 1.807) is 7.11 Å². The molecule has 0 spiro atoms. The van der Waals surface area contributed by atoms with E-state index in [4.69, 9.17) is 4.74 Å². The Morgan fingerprint density at radius 2 is 2.17 bits per heavy atom. The van der Waals surface area contributed by atoms with E-state index < -0.39 is 0 Å². The molecule has 0 radical (unpaired) electrons. The summed E-state index contributed by atoms with van der Waals surface area (Å²) in [6.45, 7) is 3.22. The standard InChI is InChI=1S/C16H23NO/c1-13-7-10-16(18-2)14(12-13)6-4-3-5-11-17-15-8-9-15/h3-4,7,10,12,15,17H,5-6,8-9,11H2,1-2H3. The highest BCUT2D eigenvalue weighted by atomic mass is 16.5.